The maximum atomic E-state index is 12.1. The van der Waals surface area contributed by atoms with E-state index in [1.165, 1.54) is 6.20 Å². The number of hydrogen-bond acceptors (Lipinski definition) is 3. The molecule has 3 rings (SSSR count). The fourth-order valence-corrected chi connectivity index (χ4v) is 2.64. The summed E-state index contributed by atoms with van der Waals surface area (Å²) < 4.78 is 1.64. The largest absolute Gasteiger partial charge is 0.326 e. The molecule has 0 radical (unpaired) electrons. The summed E-state index contributed by atoms with van der Waals surface area (Å²) in [6.07, 6.45) is 1.47. The third-order valence-corrected chi connectivity index (χ3v) is 4.26. The van der Waals surface area contributed by atoms with Gasteiger partial charge in [-0.2, -0.15) is 5.10 Å². The summed E-state index contributed by atoms with van der Waals surface area (Å²) in [4.78, 5) is 23.9. The van der Waals surface area contributed by atoms with E-state index in [2.05, 4.69) is 10.4 Å². The number of aromatic nitrogens is 2. The van der Waals surface area contributed by atoms with Crippen LogP contribution in [0, 0.1) is 0 Å². The number of nitrogens with one attached hydrogen (secondary N) is 1. The van der Waals surface area contributed by atoms with Crippen LogP contribution in [0.1, 0.15) is 6.42 Å². The average Bonchev–Trinajstić information content (AvgIpc) is 2.58. The van der Waals surface area contributed by atoms with Gasteiger partial charge in [-0.1, -0.05) is 35.3 Å². The van der Waals surface area contributed by atoms with Gasteiger partial charge in [0.25, 0.3) is 0 Å². The van der Waals surface area contributed by atoms with Gasteiger partial charge in [0.1, 0.15) is 0 Å². The first kappa shape index (κ1) is 16.5. The molecule has 24 heavy (non-hydrogen) atoms. The highest BCUT2D eigenvalue weighted by Gasteiger charge is 2.08. The van der Waals surface area contributed by atoms with Crippen molar-refractivity contribution >= 4 is 45.7 Å². The summed E-state index contributed by atoms with van der Waals surface area (Å²) in [5, 5.41) is 8.24. The van der Waals surface area contributed by atoms with E-state index in [0.29, 0.717) is 33.2 Å². The van der Waals surface area contributed by atoms with Gasteiger partial charge in [-0.15, -0.1) is 0 Å². The van der Waals surface area contributed by atoms with Crippen molar-refractivity contribution in [2.45, 2.75) is 13.0 Å². The number of amides is 1. The Bertz CT molecular complexity index is 969. The number of halogens is 2. The minimum atomic E-state index is -0.182. The number of aryl methyl sites for hydroxylation is 1. The second kappa shape index (κ2) is 7.03. The zero-order valence-electron chi connectivity index (χ0n) is 12.5. The Morgan fingerprint density at radius 1 is 1.12 bits per heavy atom. The first-order valence-electron chi connectivity index (χ1n) is 7.24. The van der Waals surface area contributed by atoms with E-state index >= 15 is 0 Å². The first-order valence-corrected chi connectivity index (χ1v) is 8.00. The van der Waals surface area contributed by atoms with Crippen molar-refractivity contribution in [2.75, 3.05) is 5.32 Å². The van der Waals surface area contributed by atoms with Crippen LogP contribution >= 0.6 is 23.2 Å². The molecule has 0 aliphatic carbocycles. The normalized spacial score (nSPS) is 10.8. The van der Waals surface area contributed by atoms with Crippen LogP contribution in [0.5, 0.6) is 0 Å². The number of carbonyl (C=O) groups excluding carboxylic acids is 1. The van der Waals surface area contributed by atoms with Gasteiger partial charge >= 0.3 is 0 Å². The number of hydrogen-bond donors (Lipinski definition) is 1. The van der Waals surface area contributed by atoms with Crippen LogP contribution < -0.4 is 10.7 Å². The lowest BCUT2D eigenvalue weighted by molar-refractivity contribution is -0.116. The molecule has 1 amide bonds. The molecule has 0 saturated carbocycles. The maximum absolute atomic E-state index is 12.1. The van der Waals surface area contributed by atoms with E-state index in [1.807, 2.05) is 6.07 Å². The molecule has 0 aliphatic heterocycles. The Morgan fingerprint density at radius 3 is 2.71 bits per heavy atom. The van der Waals surface area contributed by atoms with E-state index in [9.17, 15) is 9.59 Å². The summed E-state index contributed by atoms with van der Waals surface area (Å²) in [6, 6.07) is 12.1. The van der Waals surface area contributed by atoms with Crippen LogP contribution in [0.4, 0.5) is 5.69 Å². The molecule has 1 N–H and O–H groups in total. The molecule has 0 saturated heterocycles. The second-order valence-corrected chi connectivity index (χ2v) is 5.99. The van der Waals surface area contributed by atoms with Crippen molar-refractivity contribution in [1.82, 2.24) is 9.78 Å². The Labute approximate surface area is 147 Å². The molecular formula is C17H13Cl2N3O2. The SMILES string of the molecule is O=C(CCn1ncc(=O)c2ccccc21)Nc1ccc(Cl)c(Cl)c1. The van der Waals surface area contributed by atoms with Crippen LogP contribution in [-0.4, -0.2) is 15.7 Å². The van der Waals surface area contributed by atoms with Gasteiger partial charge < -0.3 is 5.32 Å². The molecule has 0 spiro atoms. The van der Waals surface area contributed by atoms with Gasteiger partial charge in [0.15, 0.2) is 0 Å². The lowest BCUT2D eigenvalue weighted by atomic mass is 10.2. The van der Waals surface area contributed by atoms with Crippen molar-refractivity contribution in [2.24, 2.45) is 0 Å². The Hall–Kier alpha value is -2.37. The summed E-state index contributed by atoms with van der Waals surface area (Å²) in [6.45, 7) is 0.355. The molecule has 1 heterocycles. The predicted molar refractivity (Wildman–Crippen MR) is 95.7 cm³/mol. The van der Waals surface area contributed by atoms with Crippen molar-refractivity contribution in [3.63, 3.8) is 0 Å². The van der Waals surface area contributed by atoms with Gasteiger partial charge in [-0.25, -0.2) is 0 Å². The fourth-order valence-electron chi connectivity index (χ4n) is 2.34. The monoisotopic (exact) mass is 361 g/mol. The van der Waals surface area contributed by atoms with Crippen LogP contribution in [0.25, 0.3) is 10.9 Å². The Kier molecular flexibility index (Phi) is 4.83. The minimum Gasteiger partial charge on any atom is -0.326 e. The molecule has 0 atom stereocenters. The van der Waals surface area contributed by atoms with E-state index in [0.717, 1.165) is 0 Å². The molecule has 1 aromatic heterocycles. The number of para-hydroxylation sites is 1. The third-order valence-electron chi connectivity index (χ3n) is 3.52. The molecule has 0 unspecified atom stereocenters. The van der Waals surface area contributed by atoms with Gasteiger partial charge in [0.2, 0.25) is 11.3 Å². The second-order valence-electron chi connectivity index (χ2n) is 5.18. The molecule has 0 fully saturated rings. The van der Waals surface area contributed by atoms with Gasteiger partial charge in [-0.3, -0.25) is 14.3 Å². The maximum Gasteiger partial charge on any atom is 0.226 e. The number of benzene rings is 2. The average molecular weight is 362 g/mol. The lowest BCUT2D eigenvalue weighted by Crippen LogP contribution is -2.18. The zero-order chi connectivity index (χ0) is 17.1. The molecule has 0 bridgehead atoms. The van der Waals surface area contributed by atoms with E-state index in [4.69, 9.17) is 23.2 Å². The highest BCUT2D eigenvalue weighted by molar-refractivity contribution is 6.42. The van der Waals surface area contributed by atoms with Crippen molar-refractivity contribution in [3.05, 3.63) is 68.9 Å². The number of rotatable bonds is 4. The molecule has 2 aromatic carbocycles. The number of anilines is 1. The zero-order valence-corrected chi connectivity index (χ0v) is 14.0. The predicted octanol–water partition coefficient (Wildman–Crippen LogP) is 3.73. The van der Waals surface area contributed by atoms with Crippen LogP contribution in [0.3, 0.4) is 0 Å². The number of carbonyl (C=O) groups is 1. The van der Waals surface area contributed by atoms with Crippen molar-refractivity contribution < 1.29 is 4.79 Å². The third kappa shape index (κ3) is 3.58. The summed E-state index contributed by atoms with van der Waals surface area (Å²) >= 11 is 11.8. The van der Waals surface area contributed by atoms with Gasteiger partial charge in [0.05, 0.1) is 28.3 Å². The molecule has 0 aliphatic rings. The quantitative estimate of drug-likeness (QED) is 0.769. The standard InChI is InChI=1S/C17H13Cl2N3O2/c18-13-6-5-11(9-14(13)19)21-17(24)7-8-22-15-4-2-1-3-12(15)16(23)10-20-22/h1-6,9-10H,7-8H2,(H,21,24). The van der Waals surface area contributed by atoms with Crippen LogP contribution in [0.15, 0.2) is 53.5 Å². The van der Waals surface area contributed by atoms with Crippen LogP contribution in [0.2, 0.25) is 10.0 Å². The molecule has 122 valence electrons. The minimum absolute atomic E-state index is 0.137. The van der Waals surface area contributed by atoms with Crippen LogP contribution in [-0.2, 0) is 11.3 Å². The van der Waals surface area contributed by atoms with Crippen molar-refractivity contribution in [3.8, 4) is 0 Å². The van der Waals surface area contributed by atoms with E-state index < -0.39 is 0 Å². The highest BCUT2D eigenvalue weighted by Crippen LogP contribution is 2.25. The fraction of sp³-hybridized carbons (Fsp3) is 0.118. The van der Waals surface area contributed by atoms with Gasteiger partial charge in [-0.05, 0) is 30.3 Å². The molecule has 3 aromatic rings. The summed E-state index contributed by atoms with van der Waals surface area (Å²) in [5.41, 5.74) is 1.14. The lowest BCUT2D eigenvalue weighted by Gasteiger charge is -2.10. The Balaban J connectivity index is 1.72. The summed E-state index contributed by atoms with van der Waals surface area (Å²) in [7, 11) is 0. The smallest absolute Gasteiger partial charge is 0.226 e. The highest BCUT2D eigenvalue weighted by atomic mass is 35.5. The summed E-state index contributed by atoms with van der Waals surface area (Å²) in [5.74, 6) is -0.182. The van der Waals surface area contributed by atoms with E-state index in [-0.39, 0.29) is 17.8 Å². The number of fused-ring (bicyclic) bond motifs is 1. The number of nitrogens with zero attached hydrogens (tertiary/aromatic N) is 2. The van der Waals surface area contributed by atoms with Crippen molar-refractivity contribution in [1.29, 1.82) is 0 Å². The van der Waals surface area contributed by atoms with Gasteiger partial charge in [0, 0.05) is 17.5 Å². The molecule has 7 heteroatoms. The Morgan fingerprint density at radius 2 is 1.92 bits per heavy atom. The molecule has 5 nitrogen and oxygen atoms in total. The topological polar surface area (TPSA) is 64.0 Å². The van der Waals surface area contributed by atoms with E-state index in [1.54, 1.807) is 41.1 Å². The first-order chi connectivity index (χ1) is 11.5. The molecular weight excluding hydrogens is 349 g/mol.